The van der Waals surface area contributed by atoms with E-state index in [9.17, 15) is 13.6 Å². The molecule has 0 aromatic heterocycles. The summed E-state index contributed by atoms with van der Waals surface area (Å²) in [7, 11) is 0. The number of nitrogens with zero attached hydrogens (tertiary/aromatic N) is 1. The maximum atomic E-state index is 13.0. The topological polar surface area (TPSA) is 49.8 Å². The van der Waals surface area contributed by atoms with Crippen LogP contribution in [0.15, 0.2) is 18.2 Å². The Morgan fingerprint density at radius 1 is 1.42 bits per heavy atom. The fraction of sp³-hybridized carbons (Fsp3) is 0.462. The number of hydrogen-bond acceptors (Lipinski definition) is 3. The van der Waals surface area contributed by atoms with E-state index in [0.29, 0.717) is 6.54 Å². The lowest BCUT2D eigenvalue weighted by atomic mass is 10.3. The van der Waals surface area contributed by atoms with Crippen LogP contribution in [0.5, 0.6) is 5.75 Å². The van der Waals surface area contributed by atoms with Crippen molar-refractivity contribution >= 4 is 5.91 Å². The SMILES string of the molecule is CCN(CCO)C(=O)C(C)Oc1ccc(F)c(F)c1. The fourth-order valence-electron chi connectivity index (χ4n) is 1.61. The van der Waals surface area contributed by atoms with Gasteiger partial charge in [-0.05, 0) is 26.0 Å². The standard InChI is InChI=1S/C13H17F2NO3/c1-3-16(6-7-17)13(18)9(2)19-10-4-5-11(14)12(15)8-10/h4-5,8-9,17H,3,6-7H2,1-2H3. The molecule has 0 bridgehead atoms. The molecule has 1 atom stereocenters. The number of aliphatic hydroxyl groups excluding tert-OH is 1. The van der Waals surface area contributed by atoms with Gasteiger partial charge in [0.2, 0.25) is 0 Å². The normalized spacial score (nSPS) is 12.1. The van der Waals surface area contributed by atoms with E-state index in [0.717, 1.165) is 12.1 Å². The van der Waals surface area contributed by atoms with Crippen LogP contribution in [-0.2, 0) is 4.79 Å². The van der Waals surface area contributed by atoms with Crippen LogP contribution in [0.2, 0.25) is 0 Å². The number of benzene rings is 1. The van der Waals surface area contributed by atoms with Crippen LogP contribution in [0.4, 0.5) is 8.78 Å². The molecular formula is C13H17F2NO3. The Hall–Kier alpha value is -1.69. The Balaban J connectivity index is 2.69. The summed E-state index contributed by atoms with van der Waals surface area (Å²) in [4.78, 5) is 13.4. The summed E-state index contributed by atoms with van der Waals surface area (Å²) in [6, 6.07) is 3.08. The molecule has 0 aliphatic rings. The molecule has 1 rings (SSSR count). The summed E-state index contributed by atoms with van der Waals surface area (Å²) in [6.07, 6.45) is -0.837. The Kier molecular flexibility index (Phi) is 5.69. The van der Waals surface area contributed by atoms with Crippen LogP contribution in [-0.4, -0.2) is 41.7 Å². The number of amides is 1. The first-order valence-corrected chi connectivity index (χ1v) is 6.01. The van der Waals surface area contributed by atoms with E-state index in [1.54, 1.807) is 6.92 Å². The molecule has 1 aromatic rings. The van der Waals surface area contributed by atoms with Crippen molar-refractivity contribution in [2.75, 3.05) is 19.7 Å². The van der Waals surface area contributed by atoms with Gasteiger partial charge in [-0.2, -0.15) is 0 Å². The van der Waals surface area contributed by atoms with Gasteiger partial charge >= 0.3 is 0 Å². The Morgan fingerprint density at radius 2 is 2.11 bits per heavy atom. The number of ether oxygens (including phenoxy) is 1. The number of likely N-dealkylation sites (N-methyl/N-ethyl adjacent to an activating group) is 1. The molecule has 1 N–H and O–H groups in total. The molecule has 0 aliphatic heterocycles. The van der Waals surface area contributed by atoms with Crippen LogP contribution in [0.1, 0.15) is 13.8 Å². The molecule has 0 spiro atoms. The van der Waals surface area contributed by atoms with Gasteiger partial charge in [0.25, 0.3) is 5.91 Å². The number of carbonyl (C=O) groups is 1. The molecule has 0 saturated heterocycles. The Labute approximate surface area is 110 Å². The van der Waals surface area contributed by atoms with Crippen molar-refractivity contribution in [3.63, 3.8) is 0 Å². The van der Waals surface area contributed by atoms with Gasteiger partial charge < -0.3 is 14.7 Å². The van der Waals surface area contributed by atoms with Gasteiger partial charge in [-0.1, -0.05) is 0 Å². The zero-order chi connectivity index (χ0) is 14.4. The van der Waals surface area contributed by atoms with Gasteiger partial charge in [-0.3, -0.25) is 4.79 Å². The van der Waals surface area contributed by atoms with Crippen molar-refractivity contribution in [1.29, 1.82) is 0 Å². The first kappa shape index (κ1) is 15.4. The molecule has 4 nitrogen and oxygen atoms in total. The monoisotopic (exact) mass is 273 g/mol. The predicted octanol–water partition coefficient (Wildman–Crippen LogP) is 1.57. The van der Waals surface area contributed by atoms with Crippen LogP contribution in [0.25, 0.3) is 0 Å². The Morgan fingerprint density at radius 3 is 2.63 bits per heavy atom. The highest BCUT2D eigenvalue weighted by Crippen LogP contribution is 2.17. The molecule has 0 saturated carbocycles. The van der Waals surface area contributed by atoms with Crippen molar-refractivity contribution in [2.45, 2.75) is 20.0 Å². The molecule has 19 heavy (non-hydrogen) atoms. The number of carbonyl (C=O) groups excluding carboxylic acids is 1. The highest BCUT2D eigenvalue weighted by molar-refractivity contribution is 5.80. The summed E-state index contributed by atoms with van der Waals surface area (Å²) in [5.41, 5.74) is 0. The highest BCUT2D eigenvalue weighted by atomic mass is 19.2. The third-order valence-corrected chi connectivity index (χ3v) is 2.62. The van der Waals surface area contributed by atoms with E-state index in [1.165, 1.54) is 17.9 Å². The molecule has 1 aromatic carbocycles. The summed E-state index contributed by atoms with van der Waals surface area (Å²) in [6.45, 7) is 3.80. The summed E-state index contributed by atoms with van der Waals surface area (Å²) < 4.78 is 31.0. The number of halogens is 2. The third-order valence-electron chi connectivity index (χ3n) is 2.62. The smallest absolute Gasteiger partial charge is 0.263 e. The maximum absolute atomic E-state index is 13.0. The second kappa shape index (κ2) is 7.04. The van der Waals surface area contributed by atoms with Crippen molar-refractivity contribution in [1.82, 2.24) is 4.90 Å². The average Bonchev–Trinajstić information content (AvgIpc) is 2.39. The zero-order valence-corrected chi connectivity index (χ0v) is 10.9. The molecule has 106 valence electrons. The molecule has 0 aliphatic carbocycles. The minimum atomic E-state index is -1.03. The quantitative estimate of drug-likeness (QED) is 0.856. The first-order chi connectivity index (χ1) is 8.99. The largest absolute Gasteiger partial charge is 0.481 e. The minimum absolute atomic E-state index is 0.0831. The first-order valence-electron chi connectivity index (χ1n) is 6.01. The lowest BCUT2D eigenvalue weighted by Gasteiger charge is -2.24. The molecule has 0 radical (unpaired) electrons. The lowest BCUT2D eigenvalue weighted by Crippen LogP contribution is -2.41. The second-order valence-electron chi connectivity index (χ2n) is 3.98. The Bertz CT molecular complexity index is 440. The maximum Gasteiger partial charge on any atom is 0.263 e. The minimum Gasteiger partial charge on any atom is -0.481 e. The van der Waals surface area contributed by atoms with Gasteiger partial charge in [0.15, 0.2) is 17.7 Å². The molecular weight excluding hydrogens is 256 g/mol. The number of aliphatic hydroxyl groups is 1. The molecule has 1 unspecified atom stereocenters. The van der Waals surface area contributed by atoms with Crippen LogP contribution < -0.4 is 4.74 Å². The van der Waals surface area contributed by atoms with Gasteiger partial charge in [0.05, 0.1) is 6.61 Å². The van der Waals surface area contributed by atoms with Crippen LogP contribution >= 0.6 is 0 Å². The summed E-state index contributed by atoms with van der Waals surface area (Å²) in [5.74, 6) is -2.23. The highest BCUT2D eigenvalue weighted by Gasteiger charge is 2.20. The van der Waals surface area contributed by atoms with E-state index in [1.807, 2.05) is 0 Å². The van der Waals surface area contributed by atoms with E-state index >= 15 is 0 Å². The molecule has 6 heteroatoms. The van der Waals surface area contributed by atoms with E-state index in [4.69, 9.17) is 9.84 Å². The summed E-state index contributed by atoms with van der Waals surface area (Å²) >= 11 is 0. The van der Waals surface area contributed by atoms with Crippen molar-refractivity contribution in [2.24, 2.45) is 0 Å². The van der Waals surface area contributed by atoms with Gasteiger partial charge in [-0.25, -0.2) is 8.78 Å². The fourth-order valence-corrected chi connectivity index (χ4v) is 1.61. The average molecular weight is 273 g/mol. The predicted molar refractivity (Wildman–Crippen MR) is 65.8 cm³/mol. The van der Waals surface area contributed by atoms with E-state index in [-0.39, 0.29) is 24.8 Å². The van der Waals surface area contributed by atoms with Crippen LogP contribution in [0.3, 0.4) is 0 Å². The van der Waals surface area contributed by atoms with Crippen LogP contribution in [0, 0.1) is 11.6 Å². The molecule has 0 fully saturated rings. The second-order valence-corrected chi connectivity index (χ2v) is 3.98. The van der Waals surface area contributed by atoms with Gasteiger partial charge in [0.1, 0.15) is 5.75 Å². The zero-order valence-electron chi connectivity index (χ0n) is 10.9. The van der Waals surface area contributed by atoms with Gasteiger partial charge in [-0.15, -0.1) is 0 Å². The lowest BCUT2D eigenvalue weighted by molar-refractivity contribution is -0.138. The number of rotatable bonds is 6. The molecule has 1 amide bonds. The van der Waals surface area contributed by atoms with Gasteiger partial charge in [0, 0.05) is 19.2 Å². The van der Waals surface area contributed by atoms with E-state index in [2.05, 4.69) is 0 Å². The van der Waals surface area contributed by atoms with Crippen molar-refractivity contribution in [3.8, 4) is 5.75 Å². The van der Waals surface area contributed by atoms with E-state index < -0.39 is 17.7 Å². The van der Waals surface area contributed by atoms with Crippen molar-refractivity contribution in [3.05, 3.63) is 29.8 Å². The van der Waals surface area contributed by atoms with Crippen molar-refractivity contribution < 1.29 is 23.4 Å². The molecule has 0 heterocycles. The summed E-state index contributed by atoms with van der Waals surface area (Å²) in [5, 5.41) is 8.83. The number of hydrogen-bond donors (Lipinski definition) is 1. The third kappa shape index (κ3) is 4.17.